The van der Waals surface area contributed by atoms with E-state index in [1.54, 1.807) is 0 Å². The summed E-state index contributed by atoms with van der Waals surface area (Å²) in [5, 5.41) is 13.4. The van der Waals surface area contributed by atoms with Crippen LogP contribution in [-0.4, -0.2) is 47.8 Å². The number of hydrogen-bond acceptors (Lipinski definition) is 4. The van der Waals surface area contributed by atoms with Crippen LogP contribution < -0.4 is 5.32 Å². The molecule has 0 radical (unpaired) electrons. The Kier molecular flexibility index (Phi) is 5.76. The van der Waals surface area contributed by atoms with E-state index in [0.29, 0.717) is 0 Å². The molecule has 0 saturated carbocycles. The van der Waals surface area contributed by atoms with Gasteiger partial charge in [-0.2, -0.15) is 0 Å². The van der Waals surface area contributed by atoms with E-state index in [4.69, 9.17) is 5.11 Å². The molecule has 0 aliphatic rings. The van der Waals surface area contributed by atoms with E-state index in [1.807, 2.05) is 18.2 Å². The first-order valence-corrected chi connectivity index (χ1v) is 7.65. The van der Waals surface area contributed by atoms with Crippen molar-refractivity contribution in [3.8, 4) is 0 Å². The van der Waals surface area contributed by atoms with Crippen molar-refractivity contribution in [2.24, 2.45) is 0 Å². The van der Waals surface area contributed by atoms with Crippen LogP contribution in [0.2, 0.25) is 0 Å². The molecule has 2 rings (SSSR count). The summed E-state index contributed by atoms with van der Waals surface area (Å²) in [5.41, 5.74) is 0.987. The van der Waals surface area contributed by atoms with Gasteiger partial charge in [0, 0.05) is 29.5 Å². The zero-order chi connectivity index (χ0) is 14.4. The fourth-order valence-electron chi connectivity index (χ4n) is 2.11. The quantitative estimate of drug-likeness (QED) is 0.815. The van der Waals surface area contributed by atoms with Crippen LogP contribution in [0, 0.1) is 0 Å². The Bertz CT molecular complexity index is 562. The molecule has 0 spiro atoms. The number of rotatable bonds is 7. The summed E-state index contributed by atoms with van der Waals surface area (Å²) in [4.78, 5) is 6.78. The number of aliphatic hydroxyl groups is 1. The third-order valence-electron chi connectivity index (χ3n) is 3.25. The molecule has 2 N–H and O–H groups in total. The van der Waals surface area contributed by atoms with E-state index in [9.17, 15) is 0 Å². The lowest BCUT2D eigenvalue weighted by atomic mass is 10.2. The number of nitrogens with one attached hydrogen (secondary N) is 1. The SMILES string of the molecule is CCN(CCO)CCNc1ccc2cc(Br)ccc2n1. The van der Waals surface area contributed by atoms with E-state index < -0.39 is 0 Å². The number of aliphatic hydroxyl groups excluding tert-OH is 1. The zero-order valence-corrected chi connectivity index (χ0v) is 13.2. The highest BCUT2D eigenvalue weighted by Gasteiger charge is 2.02. The minimum Gasteiger partial charge on any atom is -0.395 e. The standard InChI is InChI=1S/C15H20BrN3O/c1-2-19(9-10-20)8-7-17-15-6-3-12-11-13(16)4-5-14(12)18-15/h3-6,11,20H,2,7-10H2,1H3,(H,17,18). The summed E-state index contributed by atoms with van der Waals surface area (Å²) in [6.07, 6.45) is 0. The van der Waals surface area contributed by atoms with E-state index in [2.05, 4.69) is 50.2 Å². The second-order valence-electron chi connectivity index (χ2n) is 4.62. The molecule has 0 unspecified atom stereocenters. The fraction of sp³-hybridized carbons (Fsp3) is 0.400. The number of nitrogens with zero attached hydrogens (tertiary/aromatic N) is 2. The third kappa shape index (κ3) is 4.16. The lowest BCUT2D eigenvalue weighted by Gasteiger charge is -2.19. The van der Waals surface area contributed by atoms with Crippen LogP contribution in [0.3, 0.4) is 0 Å². The molecule has 20 heavy (non-hydrogen) atoms. The highest BCUT2D eigenvalue weighted by Crippen LogP contribution is 2.19. The monoisotopic (exact) mass is 337 g/mol. The maximum atomic E-state index is 8.95. The van der Waals surface area contributed by atoms with Gasteiger partial charge in [0.1, 0.15) is 5.82 Å². The first-order valence-electron chi connectivity index (χ1n) is 6.86. The average Bonchev–Trinajstić information content (AvgIpc) is 2.46. The summed E-state index contributed by atoms with van der Waals surface area (Å²) in [6, 6.07) is 10.1. The van der Waals surface area contributed by atoms with Crippen LogP contribution in [-0.2, 0) is 0 Å². The Hall–Kier alpha value is -1.17. The largest absolute Gasteiger partial charge is 0.395 e. The summed E-state index contributed by atoms with van der Waals surface area (Å²) in [6.45, 7) is 5.69. The van der Waals surface area contributed by atoms with Crippen molar-refractivity contribution in [1.29, 1.82) is 0 Å². The van der Waals surface area contributed by atoms with E-state index in [1.165, 1.54) is 0 Å². The lowest BCUT2D eigenvalue weighted by molar-refractivity contribution is 0.206. The molecule has 4 nitrogen and oxygen atoms in total. The third-order valence-corrected chi connectivity index (χ3v) is 3.74. The summed E-state index contributed by atoms with van der Waals surface area (Å²) in [7, 11) is 0. The van der Waals surface area contributed by atoms with Crippen molar-refractivity contribution in [1.82, 2.24) is 9.88 Å². The van der Waals surface area contributed by atoms with Crippen LogP contribution in [0.1, 0.15) is 6.92 Å². The molecule has 0 saturated heterocycles. The second-order valence-corrected chi connectivity index (χ2v) is 5.53. The number of halogens is 1. The van der Waals surface area contributed by atoms with Gasteiger partial charge in [-0.15, -0.1) is 0 Å². The molecule has 0 amide bonds. The minimum atomic E-state index is 0.205. The van der Waals surface area contributed by atoms with Crippen molar-refractivity contribution >= 4 is 32.7 Å². The molecule has 0 fully saturated rings. The highest BCUT2D eigenvalue weighted by atomic mass is 79.9. The number of likely N-dealkylation sites (N-methyl/N-ethyl adjacent to an activating group) is 1. The van der Waals surface area contributed by atoms with E-state index >= 15 is 0 Å². The maximum absolute atomic E-state index is 8.95. The van der Waals surface area contributed by atoms with Gasteiger partial charge in [-0.3, -0.25) is 4.90 Å². The topological polar surface area (TPSA) is 48.4 Å². The molecule has 0 atom stereocenters. The van der Waals surface area contributed by atoms with Gasteiger partial charge >= 0.3 is 0 Å². The molecule has 1 aromatic heterocycles. The zero-order valence-electron chi connectivity index (χ0n) is 11.6. The Morgan fingerprint density at radius 2 is 2.10 bits per heavy atom. The molecular weight excluding hydrogens is 318 g/mol. The van der Waals surface area contributed by atoms with Gasteiger partial charge in [0.05, 0.1) is 12.1 Å². The summed E-state index contributed by atoms with van der Waals surface area (Å²) in [5.74, 6) is 0.889. The van der Waals surface area contributed by atoms with Crippen molar-refractivity contribution in [2.45, 2.75) is 6.92 Å². The smallest absolute Gasteiger partial charge is 0.126 e. The van der Waals surface area contributed by atoms with Crippen LogP contribution >= 0.6 is 15.9 Å². The molecule has 0 aliphatic carbocycles. The first kappa shape index (κ1) is 15.2. The van der Waals surface area contributed by atoms with Gasteiger partial charge < -0.3 is 10.4 Å². The number of anilines is 1. The number of hydrogen-bond donors (Lipinski definition) is 2. The predicted octanol–water partition coefficient (Wildman–Crippen LogP) is 2.72. The number of fused-ring (bicyclic) bond motifs is 1. The molecule has 108 valence electrons. The van der Waals surface area contributed by atoms with E-state index in [0.717, 1.165) is 47.4 Å². The van der Waals surface area contributed by atoms with Crippen LogP contribution in [0.25, 0.3) is 10.9 Å². The van der Waals surface area contributed by atoms with Crippen molar-refractivity contribution in [3.05, 3.63) is 34.8 Å². The molecule has 0 aliphatic heterocycles. The Morgan fingerprint density at radius 1 is 1.25 bits per heavy atom. The fourth-order valence-corrected chi connectivity index (χ4v) is 2.49. The number of benzene rings is 1. The summed E-state index contributed by atoms with van der Waals surface area (Å²) < 4.78 is 1.06. The van der Waals surface area contributed by atoms with Crippen molar-refractivity contribution in [3.63, 3.8) is 0 Å². The minimum absolute atomic E-state index is 0.205. The molecular formula is C15H20BrN3O. The molecule has 5 heteroatoms. The lowest BCUT2D eigenvalue weighted by Crippen LogP contribution is -2.31. The highest BCUT2D eigenvalue weighted by molar-refractivity contribution is 9.10. The summed E-state index contributed by atoms with van der Waals surface area (Å²) >= 11 is 3.46. The maximum Gasteiger partial charge on any atom is 0.126 e. The molecule has 1 heterocycles. The van der Waals surface area contributed by atoms with Crippen molar-refractivity contribution < 1.29 is 5.11 Å². The van der Waals surface area contributed by atoms with Crippen molar-refractivity contribution in [2.75, 3.05) is 38.1 Å². The number of aromatic nitrogens is 1. The van der Waals surface area contributed by atoms with Gasteiger partial charge in [0.25, 0.3) is 0 Å². The van der Waals surface area contributed by atoms with Gasteiger partial charge in [-0.05, 0) is 36.9 Å². The van der Waals surface area contributed by atoms with Gasteiger partial charge in [0.2, 0.25) is 0 Å². The second kappa shape index (κ2) is 7.57. The van der Waals surface area contributed by atoms with Crippen LogP contribution in [0.4, 0.5) is 5.82 Å². The molecule has 1 aromatic carbocycles. The molecule has 2 aromatic rings. The number of pyridine rings is 1. The predicted molar refractivity (Wildman–Crippen MR) is 87.1 cm³/mol. The molecule has 0 bridgehead atoms. The first-order chi connectivity index (χ1) is 9.72. The van der Waals surface area contributed by atoms with Crippen LogP contribution in [0.15, 0.2) is 34.8 Å². The van der Waals surface area contributed by atoms with E-state index in [-0.39, 0.29) is 6.61 Å². The van der Waals surface area contributed by atoms with Gasteiger partial charge in [-0.25, -0.2) is 4.98 Å². The van der Waals surface area contributed by atoms with Gasteiger partial charge in [0.15, 0.2) is 0 Å². The van der Waals surface area contributed by atoms with Crippen LogP contribution in [0.5, 0.6) is 0 Å². The Morgan fingerprint density at radius 3 is 2.85 bits per heavy atom. The Balaban J connectivity index is 1.95. The average molecular weight is 338 g/mol. The normalized spacial score (nSPS) is 11.2. The van der Waals surface area contributed by atoms with Gasteiger partial charge in [-0.1, -0.05) is 22.9 Å². The Labute approximate surface area is 127 Å².